The lowest BCUT2D eigenvalue weighted by molar-refractivity contribution is 0.134. The van der Waals surface area contributed by atoms with Crippen molar-refractivity contribution in [3.8, 4) is 0 Å². The van der Waals surface area contributed by atoms with Gasteiger partial charge in [-0.2, -0.15) is 0 Å². The van der Waals surface area contributed by atoms with Gasteiger partial charge in [0, 0.05) is 17.6 Å². The predicted octanol–water partition coefficient (Wildman–Crippen LogP) is 2.92. The largest absolute Gasteiger partial charge is 0.229 e. The molecule has 1 aromatic carbocycles. The maximum Gasteiger partial charge on any atom is 0.150 e. The number of allylic oxidation sites excluding steroid dienone is 2. The molecule has 2 aliphatic carbocycles. The van der Waals surface area contributed by atoms with Crippen LogP contribution in [0.3, 0.4) is 0 Å². The van der Waals surface area contributed by atoms with Gasteiger partial charge in [0.05, 0.1) is 5.25 Å². The third-order valence-electron chi connectivity index (χ3n) is 4.63. The first-order valence-electron chi connectivity index (χ1n) is 6.44. The minimum absolute atomic E-state index is 0.0606. The Morgan fingerprint density at radius 1 is 1.22 bits per heavy atom. The fraction of sp³-hybridized carbons (Fsp3) is 0.467. The van der Waals surface area contributed by atoms with Crippen LogP contribution in [-0.4, -0.2) is 19.9 Å². The van der Waals surface area contributed by atoms with Gasteiger partial charge in [-0.15, -0.1) is 0 Å². The number of hydrogen-bond donors (Lipinski definition) is 0. The van der Waals surface area contributed by atoms with Crippen LogP contribution in [0.15, 0.2) is 42.5 Å². The summed E-state index contributed by atoms with van der Waals surface area (Å²) in [6, 6.07) is 10.3. The van der Waals surface area contributed by atoms with Crippen molar-refractivity contribution in [2.45, 2.75) is 30.4 Å². The van der Waals surface area contributed by atoms with Crippen LogP contribution in [0.5, 0.6) is 0 Å². The van der Waals surface area contributed by atoms with E-state index in [0.29, 0.717) is 0 Å². The van der Waals surface area contributed by atoms with Crippen molar-refractivity contribution in [2.75, 3.05) is 6.26 Å². The lowest BCUT2D eigenvalue weighted by Gasteiger charge is -2.50. The van der Waals surface area contributed by atoms with E-state index < -0.39 is 9.84 Å². The molecule has 3 atom stereocenters. The Morgan fingerprint density at radius 3 is 2.50 bits per heavy atom. The second kappa shape index (κ2) is 3.95. The molecule has 18 heavy (non-hydrogen) atoms. The predicted molar refractivity (Wildman–Crippen MR) is 73.2 cm³/mol. The Balaban J connectivity index is 1.99. The van der Waals surface area contributed by atoms with Crippen molar-refractivity contribution in [1.82, 2.24) is 0 Å². The summed E-state index contributed by atoms with van der Waals surface area (Å²) in [6.07, 6.45) is 8.51. The molecule has 3 rings (SSSR count). The summed E-state index contributed by atoms with van der Waals surface area (Å²) in [5.74, 6) is 0.271. The van der Waals surface area contributed by atoms with E-state index in [1.54, 1.807) is 0 Å². The van der Waals surface area contributed by atoms with Gasteiger partial charge in [-0.25, -0.2) is 8.42 Å². The first kappa shape index (κ1) is 12.0. The molecule has 0 amide bonds. The lowest BCUT2D eigenvalue weighted by atomic mass is 9.60. The van der Waals surface area contributed by atoms with E-state index in [1.165, 1.54) is 11.8 Å². The van der Waals surface area contributed by atoms with E-state index in [0.717, 1.165) is 19.3 Å². The number of hydrogen-bond acceptors (Lipinski definition) is 2. The molecule has 0 aromatic heterocycles. The van der Waals surface area contributed by atoms with Crippen molar-refractivity contribution in [3.05, 3.63) is 48.0 Å². The van der Waals surface area contributed by atoms with Gasteiger partial charge < -0.3 is 0 Å². The molecule has 0 N–H and O–H groups in total. The van der Waals surface area contributed by atoms with E-state index in [9.17, 15) is 8.42 Å². The number of rotatable bonds is 2. The van der Waals surface area contributed by atoms with Gasteiger partial charge in [0.15, 0.2) is 9.84 Å². The van der Waals surface area contributed by atoms with Crippen molar-refractivity contribution >= 4 is 9.84 Å². The van der Waals surface area contributed by atoms with Crippen LogP contribution in [-0.2, 0) is 9.84 Å². The second-order valence-corrected chi connectivity index (χ2v) is 7.84. The van der Waals surface area contributed by atoms with Crippen molar-refractivity contribution in [2.24, 2.45) is 5.41 Å². The fourth-order valence-electron chi connectivity index (χ4n) is 3.71. The first-order valence-corrected chi connectivity index (χ1v) is 8.40. The van der Waals surface area contributed by atoms with Crippen LogP contribution in [0.1, 0.15) is 30.7 Å². The highest BCUT2D eigenvalue weighted by atomic mass is 32.2. The van der Waals surface area contributed by atoms with Crippen LogP contribution in [0.2, 0.25) is 0 Å². The van der Waals surface area contributed by atoms with Gasteiger partial charge in [-0.1, -0.05) is 42.5 Å². The second-order valence-electron chi connectivity index (χ2n) is 5.61. The van der Waals surface area contributed by atoms with E-state index in [1.807, 2.05) is 18.2 Å². The summed E-state index contributed by atoms with van der Waals surface area (Å²) in [5.41, 5.74) is 1.19. The summed E-state index contributed by atoms with van der Waals surface area (Å²) < 4.78 is 23.8. The highest BCUT2D eigenvalue weighted by molar-refractivity contribution is 7.91. The van der Waals surface area contributed by atoms with Gasteiger partial charge in [0.1, 0.15) is 0 Å². The smallest absolute Gasteiger partial charge is 0.150 e. The van der Waals surface area contributed by atoms with Gasteiger partial charge >= 0.3 is 0 Å². The molecular weight excluding hydrogens is 244 g/mol. The average molecular weight is 262 g/mol. The molecular formula is C15H18O2S. The summed E-state index contributed by atoms with van der Waals surface area (Å²) in [4.78, 5) is 0. The SMILES string of the molecule is CS(=O)(=O)C1CCC12CC=CC2c1ccccc1. The van der Waals surface area contributed by atoms with E-state index in [2.05, 4.69) is 24.3 Å². The molecule has 2 nitrogen and oxygen atoms in total. The highest BCUT2D eigenvalue weighted by Crippen LogP contribution is 2.59. The highest BCUT2D eigenvalue weighted by Gasteiger charge is 2.56. The Bertz CT molecular complexity index is 574. The molecule has 0 radical (unpaired) electrons. The van der Waals surface area contributed by atoms with Crippen molar-refractivity contribution in [3.63, 3.8) is 0 Å². The molecule has 1 fully saturated rings. The molecule has 1 spiro atoms. The van der Waals surface area contributed by atoms with Gasteiger partial charge in [-0.05, 0) is 24.8 Å². The zero-order chi connectivity index (χ0) is 12.8. The Hall–Kier alpha value is -1.09. The van der Waals surface area contributed by atoms with E-state index >= 15 is 0 Å². The third kappa shape index (κ3) is 1.64. The lowest BCUT2D eigenvalue weighted by Crippen LogP contribution is -2.50. The summed E-state index contributed by atoms with van der Waals surface area (Å²) in [6.45, 7) is 0. The normalized spacial score (nSPS) is 34.7. The maximum absolute atomic E-state index is 11.9. The average Bonchev–Trinajstić information content (AvgIpc) is 2.72. The molecule has 3 unspecified atom stereocenters. The summed E-state index contributed by atoms with van der Waals surface area (Å²) in [7, 11) is -2.94. The minimum Gasteiger partial charge on any atom is -0.229 e. The Labute approximate surface area is 109 Å². The van der Waals surface area contributed by atoms with Crippen LogP contribution >= 0.6 is 0 Å². The topological polar surface area (TPSA) is 34.1 Å². The molecule has 3 heteroatoms. The molecule has 2 aliphatic rings. The quantitative estimate of drug-likeness (QED) is 0.768. The van der Waals surface area contributed by atoms with Crippen LogP contribution < -0.4 is 0 Å². The zero-order valence-corrected chi connectivity index (χ0v) is 11.4. The fourth-order valence-corrected chi connectivity index (χ4v) is 5.47. The molecule has 1 saturated carbocycles. The van der Waals surface area contributed by atoms with Crippen LogP contribution in [0, 0.1) is 5.41 Å². The molecule has 96 valence electrons. The van der Waals surface area contributed by atoms with E-state index in [-0.39, 0.29) is 16.6 Å². The maximum atomic E-state index is 11.9. The standard InChI is InChI=1S/C15H18O2S/c1-18(16,17)14-9-11-15(14)10-5-8-13(15)12-6-3-2-4-7-12/h2-8,13-14H,9-11H2,1H3. The Kier molecular flexibility index (Phi) is 2.63. The molecule has 1 aromatic rings. The minimum atomic E-state index is -2.94. The zero-order valence-electron chi connectivity index (χ0n) is 10.5. The third-order valence-corrected chi connectivity index (χ3v) is 6.37. The van der Waals surface area contributed by atoms with Crippen molar-refractivity contribution in [1.29, 1.82) is 0 Å². The summed E-state index contributed by atoms with van der Waals surface area (Å²) >= 11 is 0. The number of benzene rings is 1. The van der Waals surface area contributed by atoms with Gasteiger partial charge in [0.2, 0.25) is 0 Å². The molecule has 0 heterocycles. The summed E-state index contributed by atoms with van der Waals surface area (Å²) in [5, 5.41) is -0.162. The van der Waals surface area contributed by atoms with Crippen LogP contribution in [0.4, 0.5) is 0 Å². The Morgan fingerprint density at radius 2 is 1.94 bits per heavy atom. The van der Waals surface area contributed by atoms with Gasteiger partial charge in [-0.3, -0.25) is 0 Å². The van der Waals surface area contributed by atoms with Crippen molar-refractivity contribution < 1.29 is 8.42 Å². The monoisotopic (exact) mass is 262 g/mol. The van der Waals surface area contributed by atoms with E-state index in [4.69, 9.17) is 0 Å². The van der Waals surface area contributed by atoms with Gasteiger partial charge in [0.25, 0.3) is 0 Å². The van der Waals surface area contributed by atoms with Crippen LogP contribution in [0.25, 0.3) is 0 Å². The first-order chi connectivity index (χ1) is 8.54. The molecule has 0 saturated heterocycles. The molecule has 0 bridgehead atoms. The number of sulfone groups is 1. The molecule has 0 aliphatic heterocycles.